The lowest BCUT2D eigenvalue weighted by molar-refractivity contribution is -0.0936. The largest absolute Gasteiger partial charge is 0.439 e. The van der Waals surface area contributed by atoms with Gasteiger partial charge < -0.3 is 10.1 Å². The van der Waals surface area contributed by atoms with E-state index in [1.165, 1.54) is 0 Å². The van der Waals surface area contributed by atoms with Gasteiger partial charge in [0, 0.05) is 18.8 Å². The van der Waals surface area contributed by atoms with E-state index in [-0.39, 0.29) is 18.8 Å². The first kappa shape index (κ1) is 16.5. The summed E-state index contributed by atoms with van der Waals surface area (Å²) in [5.74, 6) is 2.85. The Bertz CT molecular complexity index is 881. The zero-order valence-corrected chi connectivity index (χ0v) is 13.8. The minimum atomic E-state index is -2.58. The number of carbonyl (C=O) groups excluding carboxylic acids is 1. The lowest BCUT2D eigenvalue weighted by atomic mass is 9.82. The number of amides is 1. The number of cyclic esters (lactones) is 1. The fraction of sp³-hybridized carbons (Fsp3) is 0.300. The Morgan fingerprint density at radius 1 is 1.12 bits per heavy atom. The Balaban J connectivity index is 1.56. The van der Waals surface area contributed by atoms with Crippen LogP contribution in [0.2, 0.25) is 0 Å². The summed E-state index contributed by atoms with van der Waals surface area (Å²) in [4.78, 5) is 16.2. The molecule has 1 aliphatic carbocycles. The average molecular weight is 354 g/mol. The molecule has 4 nitrogen and oxygen atoms in total. The smallest absolute Gasteiger partial charge is 0.408 e. The van der Waals surface area contributed by atoms with Crippen molar-refractivity contribution in [2.75, 3.05) is 0 Å². The van der Waals surface area contributed by atoms with Crippen LogP contribution in [0.25, 0.3) is 0 Å². The number of nitrogens with one attached hydrogen (secondary N) is 1. The van der Waals surface area contributed by atoms with Crippen LogP contribution in [0.3, 0.4) is 0 Å². The zero-order chi connectivity index (χ0) is 18.1. The van der Waals surface area contributed by atoms with Crippen LogP contribution >= 0.6 is 0 Å². The zero-order valence-electron chi connectivity index (χ0n) is 13.8. The summed E-state index contributed by atoms with van der Waals surface area (Å²) in [6.07, 6.45) is -1.37. The highest BCUT2D eigenvalue weighted by Crippen LogP contribution is 2.42. The first-order chi connectivity index (χ1) is 12.5. The highest BCUT2D eigenvalue weighted by atomic mass is 19.3. The molecule has 2 atom stereocenters. The van der Waals surface area contributed by atoms with Crippen LogP contribution in [-0.4, -0.2) is 17.0 Å². The van der Waals surface area contributed by atoms with E-state index < -0.39 is 24.2 Å². The number of aromatic nitrogens is 1. The highest BCUT2D eigenvalue weighted by Gasteiger charge is 2.44. The summed E-state index contributed by atoms with van der Waals surface area (Å²) < 4.78 is 31.2. The first-order valence-electron chi connectivity index (χ1n) is 8.39. The molecule has 2 aliphatic rings. The van der Waals surface area contributed by atoms with Gasteiger partial charge in [0.1, 0.15) is 11.7 Å². The maximum Gasteiger partial charge on any atom is 0.408 e. The molecule has 1 aromatic carbocycles. The molecule has 1 saturated carbocycles. The van der Waals surface area contributed by atoms with Crippen molar-refractivity contribution in [1.29, 1.82) is 0 Å². The monoisotopic (exact) mass is 354 g/mol. The molecule has 1 aromatic heterocycles. The highest BCUT2D eigenvalue weighted by molar-refractivity contribution is 5.71. The number of ether oxygens (including phenoxy) is 1. The SMILES string of the molecule is O=C1N[C@H](c2cccc(C#CC3CC(F)(F)C3)n2)[C@@H](c2ccccc2)O1. The van der Waals surface area contributed by atoms with Gasteiger partial charge in [-0.2, -0.15) is 0 Å². The van der Waals surface area contributed by atoms with Gasteiger partial charge in [0.15, 0.2) is 6.10 Å². The molecule has 2 fully saturated rings. The van der Waals surface area contributed by atoms with Crippen LogP contribution in [0.4, 0.5) is 13.6 Å². The van der Waals surface area contributed by atoms with E-state index in [4.69, 9.17) is 4.74 Å². The van der Waals surface area contributed by atoms with Gasteiger partial charge in [-0.05, 0) is 23.6 Å². The van der Waals surface area contributed by atoms with E-state index in [0.29, 0.717) is 11.4 Å². The molecule has 0 bridgehead atoms. The van der Waals surface area contributed by atoms with Crippen molar-refractivity contribution < 1.29 is 18.3 Å². The predicted octanol–water partition coefficient (Wildman–Crippen LogP) is 4.00. The number of hydrogen-bond acceptors (Lipinski definition) is 3. The first-order valence-corrected chi connectivity index (χ1v) is 8.39. The molecule has 2 aromatic rings. The third-order valence-electron chi connectivity index (χ3n) is 4.52. The Morgan fingerprint density at radius 3 is 2.62 bits per heavy atom. The van der Waals surface area contributed by atoms with E-state index in [2.05, 4.69) is 22.1 Å². The number of alkyl carbamates (subject to hydrolysis) is 1. The fourth-order valence-electron chi connectivity index (χ4n) is 3.19. The van der Waals surface area contributed by atoms with Crippen LogP contribution < -0.4 is 5.32 Å². The quantitative estimate of drug-likeness (QED) is 0.830. The number of halogens is 2. The summed E-state index contributed by atoms with van der Waals surface area (Å²) in [5, 5.41) is 2.77. The summed E-state index contributed by atoms with van der Waals surface area (Å²) in [6.45, 7) is 0. The third kappa shape index (κ3) is 3.38. The molecule has 1 saturated heterocycles. The Hall–Kier alpha value is -2.94. The molecule has 6 heteroatoms. The standard InChI is InChI=1S/C20H16F2N2O2/c21-20(22)11-13(12-20)9-10-15-7-4-8-16(23-15)17-18(26-19(25)24-17)14-5-2-1-3-6-14/h1-8,13,17-18H,11-12H2,(H,24,25)/t17-,18-/m1/s1. The maximum absolute atomic E-state index is 12.9. The maximum atomic E-state index is 12.9. The summed E-state index contributed by atoms with van der Waals surface area (Å²) in [6, 6.07) is 14.3. The normalized spacial score (nSPS) is 24.0. The summed E-state index contributed by atoms with van der Waals surface area (Å²) in [5.41, 5.74) is 1.98. The lowest BCUT2D eigenvalue weighted by Gasteiger charge is -2.31. The molecule has 26 heavy (non-hydrogen) atoms. The van der Waals surface area contributed by atoms with Crippen molar-refractivity contribution in [2.24, 2.45) is 5.92 Å². The van der Waals surface area contributed by atoms with Crippen LogP contribution in [0, 0.1) is 17.8 Å². The molecule has 1 amide bonds. The molecule has 0 spiro atoms. The van der Waals surface area contributed by atoms with Gasteiger partial charge in [-0.25, -0.2) is 18.6 Å². The van der Waals surface area contributed by atoms with Gasteiger partial charge in [-0.1, -0.05) is 42.3 Å². The summed E-state index contributed by atoms with van der Waals surface area (Å²) >= 11 is 0. The van der Waals surface area contributed by atoms with Crippen LogP contribution in [0.1, 0.15) is 41.9 Å². The molecule has 0 radical (unpaired) electrons. The minimum Gasteiger partial charge on any atom is -0.439 e. The Kier molecular flexibility index (Phi) is 4.08. The molecular formula is C20H16F2N2O2. The van der Waals surface area contributed by atoms with Crippen molar-refractivity contribution in [3.8, 4) is 11.8 Å². The van der Waals surface area contributed by atoms with Gasteiger partial charge in [0.2, 0.25) is 0 Å². The topological polar surface area (TPSA) is 51.2 Å². The van der Waals surface area contributed by atoms with Crippen molar-refractivity contribution >= 4 is 6.09 Å². The van der Waals surface area contributed by atoms with Gasteiger partial charge in [0.25, 0.3) is 5.92 Å². The summed E-state index contributed by atoms with van der Waals surface area (Å²) in [7, 11) is 0. The molecule has 4 rings (SSSR count). The second kappa shape index (κ2) is 6.41. The Morgan fingerprint density at radius 2 is 1.88 bits per heavy atom. The van der Waals surface area contributed by atoms with Gasteiger partial charge in [-0.3, -0.25) is 0 Å². The van der Waals surface area contributed by atoms with Gasteiger partial charge in [-0.15, -0.1) is 0 Å². The van der Waals surface area contributed by atoms with E-state index in [9.17, 15) is 13.6 Å². The van der Waals surface area contributed by atoms with Crippen LogP contribution in [0.15, 0.2) is 48.5 Å². The van der Waals surface area contributed by atoms with E-state index in [0.717, 1.165) is 5.56 Å². The molecule has 1 N–H and O–H groups in total. The van der Waals surface area contributed by atoms with Crippen LogP contribution in [-0.2, 0) is 4.74 Å². The van der Waals surface area contributed by atoms with Gasteiger partial charge in [0.05, 0.1) is 5.69 Å². The number of carbonyl (C=O) groups is 1. The molecule has 2 heterocycles. The lowest BCUT2D eigenvalue weighted by Crippen LogP contribution is -2.34. The number of pyridine rings is 1. The van der Waals surface area contributed by atoms with Crippen molar-refractivity contribution in [3.05, 3.63) is 65.5 Å². The number of alkyl halides is 2. The predicted molar refractivity (Wildman–Crippen MR) is 90.3 cm³/mol. The van der Waals surface area contributed by atoms with Crippen LogP contribution in [0.5, 0.6) is 0 Å². The molecule has 1 aliphatic heterocycles. The van der Waals surface area contributed by atoms with Gasteiger partial charge >= 0.3 is 6.09 Å². The number of rotatable bonds is 2. The minimum absolute atomic E-state index is 0.192. The van der Waals surface area contributed by atoms with E-state index in [1.807, 2.05) is 30.3 Å². The Labute approximate surface area is 149 Å². The fourth-order valence-corrected chi connectivity index (χ4v) is 3.19. The third-order valence-corrected chi connectivity index (χ3v) is 4.52. The van der Waals surface area contributed by atoms with E-state index >= 15 is 0 Å². The van der Waals surface area contributed by atoms with Crippen molar-refractivity contribution in [2.45, 2.75) is 30.9 Å². The van der Waals surface area contributed by atoms with E-state index in [1.54, 1.807) is 18.2 Å². The molecule has 132 valence electrons. The van der Waals surface area contributed by atoms with Crippen molar-refractivity contribution in [3.63, 3.8) is 0 Å². The molecular weight excluding hydrogens is 338 g/mol. The second-order valence-corrected chi connectivity index (χ2v) is 6.54. The number of nitrogens with zero attached hydrogens (tertiary/aromatic N) is 1. The number of benzene rings is 1. The average Bonchev–Trinajstić information content (AvgIpc) is 3.01. The molecule has 0 unspecified atom stereocenters. The number of hydrogen-bond donors (Lipinski definition) is 1. The van der Waals surface area contributed by atoms with Crippen molar-refractivity contribution in [1.82, 2.24) is 10.3 Å². The second-order valence-electron chi connectivity index (χ2n) is 6.54.